The van der Waals surface area contributed by atoms with E-state index in [4.69, 9.17) is 4.74 Å². The fourth-order valence-corrected chi connectivity index (χ4v) is 3.19. The van der Waals surface area contributed by atoms with Gasteiger partial charge >= 0.3 is 0 Å². The van der Waals surface area contributed by atoms with Crippen molar-refractivity contribution in [3.05, 3.63) is 71.8 Å². The highest BCUT2D eigenvalue weighted by Crippen LogP contribution is 2.22. The minimum atomic E-state index is -0.00794. The maximum absolute atomic E-state index is 12.5. The van der Waals surface area contributed by atoms with E-state index in [-0.39, 0.29) is 17.6 Å². The van der Waals surface area contributed by atoms with E-state index in [1.54, 1.807) is 13.2 Å². The quantitative estimate of drug-likeness (QED) is 0.609. The van der Waals surface area contributed by atoms with Crippen molar-refractivity contribution in [3.63, 3.8) is 0 Å². The number of likely N-dealkylation sites (tertiary alicyclic amines) is 1. The molecule has 0 saturated carbocycles. The molecule has 4 nitrogen and oxygen atoms in total. The highest BCUT2D eigenvalue weighted by Gasteiger charge is 2.27. The molecule has 1 saturated heterocycles. The SMILES string of the molecule is COc1ccc(/C=C/C(=O)N2CCC(C(=O)c3ccccc3)CC2)cc1. The van der Waals surface area contributed by atoms with Gasteiger partial charge in [0.25, 0.3) is 0 Å². The third kappa shape index (κ3) is 4.39. The molecular formula is C22H23NO3. The summed E-state index contributed by atoms with van der Waals surface area (Å²) in [5.41, 5.74) is 1.71. The molecule has 0 atom stereocenters. The van der Waals surface area contributed by atoms with Crippen molar-refractivity contribution in [2.75, 3.05) is 20.2 Å². The maximum Gasteiger partial charge on any atom is 0.246 e. The van der Waals surface area contributed by atoms with Gasteiger partial charge in [-0.15, -0.1) is 0 Å². The molecule has 0 N–H and O–H groups in total. The highest BCUT2D eigenvalue weighted by molar-refractivity contribution is 5.98. The molecule has 1 heterocycles. The number of carbonyl (C=O) groups is 2. The molecule has 1 aliphatic rings. The number of ether oxygens (including phenoxy) is 1. The maximum atomic E-state index is 12.5. The first kappa shape index (κ1) is 17.9. The lowest BCUT2D eigenvalue weighted by atomic mass is 9.89. The van der Waals surface area contributed by atoms with Crippen molar-refractivity contribution in [1.82, 2.24) is 4.90 Å². The number of hydrogen-bond donors (Lipinski definition) is 0. The third-order valence-corrected chi connectivity index (χ3v) is 4.77. The van der Waals surface area contributed by atoms with E-state index in [1.165, 1.54) is 0 Å². The van der Waals surface area contributed by atoms with Gasteiger partial charge in [0.05, 0.1) is 7.11 Å². The fraction of sp³-hybridized carbons (Fsp3) is 0.273. The minimum absolute atomic E-state index is 0.00650. The average Bonchev–Trinajstić information content (AvgIpc) is 2.72. The Kier molecular flexibility index (Phi) is 5.84. The second-order valence-electron chi connectivity index (χ2n) is 6.44. The van der Waals surface area contributed by atoms with Gasteiger partial charge in [-0.3, -0.25) is 9.59 Å². The summed E-state index contributed by atoms with van der Waals surface area (Å²) in [6.45, 7) is 1.24. The lowest BCUT2D eigenvalue weighted by Gasteiger charge is -2.30. The van der Waals surface area contributed by atoms with Crippen LogP contribution in [0.3, 0.4) is 0 Å². The normalized spacial score (nSPS) is 15.2. The van der Waals surface area contributed by atoms with E-state index < -0.39 is 0 Å². The predicted octanol–water partition coefficient (Wildman–Crippen LogP) is 3.83. The molecule has 0 radical (unpaired) electrons. The Morgan fingerprint density at radius 3 is 2.27 bits per heavy atom. The van der Waals surface area contributed by atoms with Gasteiger partial charge in [-0.25, -0.2) is 0 Å². The van der Waals surface area contributed by atoms with Crippen LogP contribution in [0.1, 0.15) is 28.8 Å². The molecule has 0 aromatic heterocycles. The van der Waals surface area contributed by atoms with Crippen LogP contribution in [0.5, 0.6) is 5.75 Å². The Bertz CT molecular complexity index is 773. The third-order valence-electron chi connectivity index (χ3n) is 4.77. The number of hydrogen-bond acceptors (Lipinski definition) is 3. The van der Waals surface area contributed by atoms with Crippen molar-refractivity contribution in [3.8, 4) is 5.75 Å². The number of methoxy groups -OCH3 is 1. The first-order valence-electron chi connectivity index (χ1n) is 8.87. The van der Waals surface area contributed by atoms with Gasteiger partial charge in [0.1, 0.15) is 5.75 Å². The average molecular weight is 349 g/mol. The van der Waals surface area contributed by atoms with Gasteiger partial charge in [-0.2, -0.15) is 0 Å². The molecule has 0 unspecified atom stereocenters. The highest BCUT2D eigenvalue weighted by atomic mass is 16.5. The van der Waals surface area contributed by atoms with Gasteiger partial charge in [0.15, 0.2) is 5.78 Å². The van der Waals surface area contributed by atoms with Gasteiger partial charge < -0.3 is 9.64 Å². The summed E-state index contributed by atoms with van der Waals surface area (Å²) < 4.78 is 5.12. The van der Waals surface area contributed by atoms with Crippen molar-refractivity contribution in [1.29, 1.82) is 0 Å². The van der Waals surface area contributed by atoms with E-state index >= 15 is 0 Å². The second kappa shape index (κ2) is 8.48. The van der Waals surface area contributed by atoms with Crippen LogP contribution in [0.4, 0.5) is 0 Å². The molecule has 134 valence electrons. The summed E-state index contributed by atoms with van der Waals surface area (Å²) in [6, 6.07) is 16.9. The number of carbonyl (C=O) groups excluding carboxylic acids is 2. The summed E-state index contributed by atoms with van der Waals surface area (Å²) in [5.74, 6) is 0.976. The summed E-state index contributed by atoms with van der Waals surface area (Å²) >= 11 is 0. The fourth-order valence-electron chi connectivity index (χ4n) is 3.19. The minimum Gasteiger partial charge on any atom is -0.497 e. The molecule has 0 bridgehead atoms. The zero-order valence-electron chi connectivity index (χ0n) is 14.9. The lowest BCUT2D eigenvalue weighted by molar-refractivity contribution is -0.127. The van der Waals surface area contributed by atoms with Crippen molar-refractivity contribution < 1.29 is 14.3 Å². The first-order valence-corrected chi connectivity index (χ1v) is 8.87. The van der Waals surface area contributed by atoms with Gasteiger partial charge in [0.2, 0.25) is 5.91 Å². The molecule has 2 aromatic rings. The summed E-state index contributed by atoms with van der Waals surface area (Å²) in [4.78, 5) is 26.7. The Labute approximate surface area is 154 Å². The molecule has 0 spiro atoms. The smallest absolute Gasteiger partial charge is 0.246 e. The van der Waals surface area contributed by atoms with Crippen molar-refractivity contribution in [2.45, 2.75) is 12.8 Å². The van der Waals surface area contributed by atoms with Crippen LogP contribution >= 0.6 is 0 Å². The Morgan fingerprint density at radius 1 is 1.00 bits per heavy atom. The van der Waals surface area contributed by atoms with Crippen LogP contribution in [-0.4, -0.2) is 36.8 Å². The number of Topliss-reactive ketones (excluding diaryl/α,β-unsaturated/α-hetero) is 1. The van der Waals surface area contributed by atoms with Gasteiger partial charge in [-0.05, 0) is 36.6 Å². The number of nitrogens with zero attached hydrogens (tertiary/aromatic N) is 1. The van der Waals surface area contributed by atoms with E-state index in [2.05, 4.69) is 0 Å². The van der Waals surface area contributed by atoms with E-state index in [0.717, 1.165) is 29.7 Å². The number of amides is 1. The monoisotopic (exact) mass is 349 g/mol. The van der Waals surface area contributed by atoms with Crippen molar-refractivity contribution >= 4 is 17.8 Å². The Hall–Kier alpha value is -2.88. The van der Waals surface area contributed by atoms with Crippen molar-refractivity contribution in [2.24, 2.45) is 5.92 Å². The summed E-state index contributed by atoms with van der Waals surface area (Å²) in [6.07, 6.45) is 4.84. The van der Waals surface area contributed by atoms with Crippen LogP contribution in [-0.2, 0) is 4.79 Å². The standard InChI is InChI=1S/C22H23NO3/c1-26-20-10-7-17(8-11-20)9-12-21(24)23-15-13-19(14-16-23)22(25)18-5-3-2-4-6-18/h2-12,19H,13-16H2,1H3/b12-9+. The Balaban J connectivity index is 1.53. The molecule has 26 heavy (non-hydrogen) atoms. The molecule has 1 fully saturated rings. The molecular weight excluding hydrogens is 326 g/mol. The van der Waals surface area contributed by atoms with E-state index in [0.29, 0.717) is 13.1 Å². The number of piperidine rings is 1. The van der Waals surface area contributed by atoms with Crippen LogP contribution in [0.15, 0.2) is 60.7 Å². The topological polar surface area (TPSA) is 46.6 Å². The van der Waals surface area contributed by atoms with Gasteiger partial charge in [0, 0.05) is 30.6 Å². The van der Waals surface area contributed by atoms with Crippen LogP contribution in [0, 0.1) is 5.92 Å². The molecule has 3 rings (SSSR count). The first-order chi connectivity index (χ1) is 12.7. The lowest BCUT2D eigenvalue weighted by Crippen LogP contribution is -2.39. The Morgan fingerprint density at radius 2 is 1.65 bits per heavy atom. The number of benzene rings is 2. The number of ketones is 1. The molecule has 0 aliphatic carbocycles. The van der Waals surface area contributed by atoms with E-state index in [9.17, 15) is 9.59 Å². The number of rotatable bonds is 5. The molecule has 2 aromatic carbocycles. The van der Waals surface area contributed by atoms with Crippen LogP contribution in [0.25, 0.3) is 6.08 Å². The van der Waals surface area contributed by atoms with Gasteiger partial charge in [-0.1, -0.05) is 42.5 Å². The summed E-state index contributed by atoms with van der Waals surface area (Å²) in [7, 11) is 1.63. The second-order valence-corrected chi connectivity index (χ2v) is 6.44. The summed E-state index contributed by atoms with van der Waals surface area (Å²) in [5, 5.41) is 0. The zero-order chi connectivity index (χ0) is 18.4. The predicted molar refractivity (Wildman–Crippen MR) is 102 cm³/mol. The molecule has 1 aliphatic heterocycles. The van der Waals surface area contributed by atoms with Crippen LogP contribution in [0.2, 0.25) is 0 Å². The molecule has 4 heteroatoms. The largest absolute Gasteiger partial charge is 0.497 e. The van der Waals surface area contributed by atoms with Crippen LogP contribution < -0.4 is 4.74 Å². The molecule has 1 amide bonds. The van der Waals surface area contributed by atoms with E-state index in [1.807, 2.05) is 65.6 Å². The zero-order valence-corrected chi connectivity index (χ0v) is 14.9.